The zero-order valence-corrected chi connectivity index (χ0v) is 16.9. The molecule has 2 heterocycles. The van der Waals surface area contributed by atoms with Crippen LogP contribution in [-0.2, 0) is 6.42 Å². The van der Waals surface area contributed by atoms with Crippen molar-refractivity contribution in [1.29, 1.82) is 0 Å². The number of hydrogen-bond donors (Lipinski definition) is 4. The Morgan fingerprint density at radius 3 is 2.82 bits per heavy atom. The molecule has 3 rings (SSSR count). The van der Waals surface area contributed by atoms with Gasteiger partial charge < -0.3 is 15.1 Å². The molecule has 28 heavy (non-hydrogen) atoms. The van der Waals surface area contributed by atoms with Gasteiger partial charge in [-0.1, -0.05) is 25.7 Å². The molecule has 146 valence electrons. The molecular formula is C21H24N4O2S. The lowest BCUT2D eigenvalue weighted by atomic mass is 9.98. The number of H-pyrrole nitrogens is 1. The maximum atomic E-state index is 10.3. The third kappa shape index (κ3) is 3.84. The Morgan fingerprint density at radius 2 is 2.11 bits per heavy atom. The van der Waals surface area contributed by atoms with Crippen LogP contribution in [0.3, 0.4) is 0 Å². The SMILES string of the molecule is C=C(/C=C\C=C1/CN=CN1CC)c1c(S)n[nH]c1-c1cc(CC)c(O)cc1O. The highest BCUT2D eigenvalue weighted by Gasteiger charge is 2.18. The number of likely N-dealkylation sites (N-methyl/N-ethyl adjacent to an activating group) is 1. The van der Waals surface area contributed by atoms with Crippen LogP contribution in [0.2, 0.25) is 0 Å². The summed E-state index contributed by atoms with van der Waals surface area (Å²) in [7, 11) is 0. The van der Waals surface area contributed by atoms with Crippen LogP contribution in [0.1, 0.15) is 25.0 Å². The molecule has 1 aromatic heterocycles. The molecule has 7 heteroatoms. The van der Waals surface area contributed by atoms with E-state index in [0.29, 0.717) is 40.4 Å². The number of phenolic OH excluding ortho intramolecular Hbond substituents is 2. The number of aromatic hydroxyl groups is 2. The molecule has 0 radical (unpaired) electrons. The normalized spacial score (nSPS) is 15.2. The number of benzene rings is 1. The van der Waals surface area contributed by atoms with E-state index in [4.69, 9.17) is 0 Å². The molecule has 0 saturated carbocycles. The van der Waals surface area contributed by atoms with Gasteiger partial charge in [-0.2, -0.15) is 5.10 Å². The van der Waals surface area contributed by atoms with Crippen molar-refractivity contribution < 1.29 is 10.2 Å². The van der Waals surface area contributed by atoms with Gasteiger partial charge in [0.05, 0.1) is 18.6 Å². The van der Waals surface area contributed by atoms with Crippen molar-refractivity contribution in [2.24, 2.45) is 4.99 Å². The van der Waals surface area contributed by atoms with Crippen LogP contribution in [-0.4, -0.2) is 44.7 Å². The summed E-state index contributed by atoms with van der Waals surface area (Å²) < 4.78 is 0. The molecule has 0 bridgehead atoms. The number of nitrogens with zero attached hydrogens (tertiary/aromatic N) is 3. The molecule has 0 spiro atoms. The van der Waals surface area contributed by atoms with Gasteiger partial charge in [0.1, 0.15) is 16.5 Å². The lowest BCUT2D eigenvalue weighted by molar-refractivity contribution is 0.447. The fourth-order valence-corrected chi connectivity index (χ4v) is 3.43. The predicted molar refractivity (Wildman–Crippen MR) is 116 cm³/mol. The van der Waals surface area contributed by atoms with Gasteiger partial charge in [-0.05, 0) is 36.6 Å². The van der Waals surface area contributed by atoms with Gasteiger partial charge in [-0.3, -0.25) is 10.1 Å². The first-order chi connectivity index (χ1) is 13.5. The molecule has 0 aliphatic carbocycles. The van der Waals surface area contributed by atoms with Gasteiger partial charge in [0.2, 0.25) is 0 Å². The summed E-state index contributed by atoms with van der Waals surface area (Å²) in [5.74, 6) is 0.0362. The van der Waals surface area contributed by atoms with E-state index >= 15 is 0 Å². The van der Waals surface area contributed by atoms with Crippen LogP contribution in [0.5, 0.6) is 11.5 Å². The third-order valence-electron chi connectivity index (χ3n) is 4.69. The Hall–Kier alpha value is -2.93. The van der Waals surface area contributed by atoms with Gasteiger partial charge in [0, 0.05) is 29.4 Å². The van der Waals surface area contributed by atoms with E-state index in [-0.39, 0.29) is 11.5 Å². The Labute approximate surface area is 170 Å². The van der Waals surface area contributed by atoms with Gasteiger partial charge in [-0.25, -0.2) is 0 Å². The van der Waals surface area contributed by atoms with Crippen molar-refractivity contribution in [2.45, 2.75) is 25.3 Å². The third-order valence-corrected chi connectivity index (χ3v) is 5.01. The average Bonchev–Trinajstić information content (AvgIpc) is 3.28. The second kappa shape index (κ2) is 8.39. The number of thiol groups is 1. The lowest BCUT2D eigenvalue weighted by Gasteiger charge is -2.12. The monoisotopic (exact) mass is 396 g/mol. The summed E-state index contributed by atoms with van der Waals surface area (Å²) >= 11 is 4.44. The van der Waals surface area contributed by atoms with Gasteiger partial charge >= 0.3 is 0 Å². The minimum Gasteiger partial charge on any atom is -0.508 e. The fraction of sp³-hybridized carbons (Fsp3) is 0.238. The first-order valence-electron chi connectivity index (χ1n) is 9.11. The standard InChI is InChI=1S/C21H24N4O2S/c1-4-14-9-16(18(27)10-17(14)26)20-19(21(28)24-23-20)13(3)7-6-8-15-11-22-12-25(15)5-2/h6-10,12,26-27H,3-5,11H2,1-2H3,(H2,23,24,28)/b7-6-,15-8+. The van der Waals surface area contributed by atoms with Crippen molar-refractivity contribution in [3.8, 4) is 22.8 Å². The Morgan fingerprint density at radius 1 is 1.32 bits per heavy atom. The average molecular weight is 397 g/mol. The first kappa shape index (κ1) is 19.8. The fourth-order valence-electron chi connectivity index (χ4n) is 3.13. The summed E-state index contributed by atoms with van der Waals surface area (Å²) in [5, 5.41) is 27.9. The van der Waals surface area contributed by atoms with E-state index in [1.54, 1.807) is 6.07 Å². The van der Waals surface area contributed by atoms with Gasteiger partial charge in [0.25, 0.3) is 0 Å². The number of allylic oxidation sites excluding steroid dienone is 4. The summed E-state index contributed by atoms with van der Waals surface area (Å²) in [5.41, 5.74) is 4.43. The molecule has 0 atom stereocenters. The summed E-state index contributed by atoms with van der Waals surface area (Å²) in [6, 6.07) is 3.10. The van der Waals surface area contributed by atoms with Gasteiger partial charge in [0.15, 0.2) is 0 Å². The molecule has 3 N–H and O–H groups in total. The first-order valence-corrected chi connectivity index (χ1v) is 9.56. The van der Waals surface area contributed by atoms with Crippen molar-refractivity contribution in [2.75, 3.05) is 13.1 Å². The predicted octanol–water partition coefficient (Wildman–Crippen LogP) is 4.16. The van der Waals surface area contributed by atoms with Crippen molar-refractivity contribution in [3.05, 3.63) is 53.8 Å². The van der Waals surface area contributed by atoms with Crippen LogP contribution in [0.15, 0.2) is 52.7 Å². The highest BCUT2D eigenvalue weighted by atomic mass is 32.1. The van der Waals surface area contributed by atoms with Crippen LogP contribution >= 0.6 is 12.6 Å². The van der Waals surface area contributed by atoms with Crippen molar-refractivity contribution in [3.63, 3.8) is 0 Å². The number of nitrogens with one attached hydrogen (secondary N) is 1. The van der Waals surface area contributed by atoms with E-state index in [1.165, 1.54) is 6.07 Å². The summed E-state index contributed by atoms with van der Waals surface area (Å²) in [6.07, 6.45) is 8.29. The number of aromatic amines is 1. The molecule has 1 aliphatic rings. The second-order valence-corrected chi connectivity index (χ2v) is 6.86. The number of rotatable bonds is 6. The number of aromatic nitrogens is 2. The quantitative estimate of drug-likeness (QED) is 0.436. The molecule has 6 nitrogen and oxygen atoms in total. The number of aliphatic imine (C=N–C) groups is 1. The molecule has 2 aromatic rings. The van der Waals surface area contributed by atoms with Crippen molar-refractivity contribution in [1.82, 2.24) is 15.1 Å². The smallest absolute Gasteiger partial charge is 0.128 e. The van der Waals surface area contributed by atoms with E-state index in [9.17, 15) is 10.2 Å². The molecule has 0 fully saturated rings. The van der Waals surface area contributed by atoms with Crippen LogP contribution in [0.4, 0.5) is 0 Å². The van der Waals surface area contributed by atoms with Crippen LogP contribution in [0.25, 0.3) is 16.8 Å². The zero-order chi connectivity index (χ0) is 20.3. The minimum atomic E-state index is -0.0338. The number of aryl methyl sites for hydroxylation is 1. The van der Waals surface area contributed by atoms with E-state index in [2.05, 4.69) is 46.2 Å². The summed E-state index contributed by atoms with van der Waals surface area (Å²) in [6.45, 7) is 9.69. The summed E-state index contributed by atoms with van der Waals surface area (Å²) in [4.78, 5) is 6.35. The van der Waals surface area contributed by atoms with Crippen LogP contribution in [0, 0.1) is 0 Å². The van der Waals surface area contributed by atoms with E-state index in [0.717, 1.165) is 17.8 Å². The van der Waals surface area contributed by atoms with E-state index in [1.807, 2.05) is 31.5 Å². The van der Waals surface area contributed by atoms with E-state index < -0.39 is 0 Å². The number of hydrogen-bond acceptors (Lipinski definition) is 6. The molecular weight excluding hydrogens is 372 g/mol. The Kier molecular flexibility index (Phi) is 5.94. The van der Waals surface area contributed by atoms with Crippen LogP contribution < -0.4 is 0 Å². The van der Waals surface area contributed by atoms with Gasteiger partial charge in [-0.15, -0.1) is 12.6 Å². The largest absolute Gasteiger partial charge is 0.508 e. The van der Waals surface area contributed by atoms with Crippen molar-refractivity contribution >= 4 is 24.5 Å². The maximum Gasteiger partial charge on any atom is 0.128 e. The number of phenols is 2. The topological polar surface area (TPSA) is 84.7 Å². The second-order valence-electron chi connectivity index (χ2n) is 6.43. The molecule has 0 unspecified atom stereocenters. The maximum absolute atomic E-state index is 10.3. The minimum absolute atomic E-state index is 0.0338. The molecule has 1 aliphatic heterocycles. The molecule has 1 aromatic carbocycles. The highest BCUT2D eigenvalue weighted by Crippen LogP contribution is 2.39. The Balaban J connectivity index is 1.92. The molecule has 0 amide bonds. The lowest BCUT2D eigenvalue weighted by Crippen LogP contribution is -2.16. The Bertz CT molecular complexity index is 989. The zero-order valence-electron chi connectivity index (χ0n) is 16.0. The highest BCUT2D eigenvalue weighted by molar-refractivity contribution is 7.80. The molecule has 0 saturated heterocycles.